The quantitative estimate of drug-likeness (QED) is 0.656. The average molecular weight is 296 g/mol. The van der Waals surface area contributed by atoms with Gasteiger partial charge in [0.25, 0.3) is 0 Å². The first-order chi connectivity index (χ1) is 10.7. The van der Waals surface area contributed by atoms with Crippen molar-refractivity contribution in [2.24, 2.45) is 5.92 Å². The summed E-state index contributed by atoms with van der Waals surface area (Å²) < 4.78 is 0. The fourth-order valence-corrected chi connectivity index (χ4v) is 3.00. The van der Waals surface area contributed by atoms with Crippen LogP contribution in [0.3, 0.4) is 0 Å². The lowest BCUT2D eigenvalue weighted by Crippen LogP contribution is -2.38. The van der Waals surface area contributed by atoms with Crippen LogP contribution in [0.4, 0.5) is 0 Å². The minimum absolute atomic E-state index is 0.521. The van der Waals surface area contributed by atoms with Gasteiger partial charge in [-0.05, 0) is 49.9 Å². The largest absolute Gasteiger partial charge is 0.300 e. The first-order valence-corrected chi connectivity index (χ1v) is 8.35. The van der Waals surface area contributed by atoms with Crippen molar-refractivity contribution in [3.63, 3.8) is 0 Å². The third-order valence-corrected chi connectivity index (χ3v) is 4.31. The molecule has 2 aromatic rings. The number of hydrogen-bond donors (Lipinski definition) is 0. The van der Waals surface area contributed by atoms with E-state index in [2.05, 4.69) is 73.6 Å². The van der Waals surface area contributed by atoms with E-state index in [1.165, 1.54) is 17.4 Å². The molecule has 0 radical (unpaired) electrons. The van der Waals surface area contributed by atoms with Crippen LogP contribution in [-0.4, -0.2) is 29.0 Å². The van der Waals surface area contributed by atoms with Gasteiger partial charge in [0.1, 0.15) is 0 Å². The van der Waals surface area contributed by atoms with E-state index >= 15 is 0 Å². The Kier molecular flexibility index (Phi) is 6.14. The van der Waals surface area contributed by atoms with Crippen LogP contribution in [0.2, 0.25) is 0 Å². The maximum absolute atomic E-state index is 4.47. The van der Waals surface area contributed by atoms with Crippen molar-refractivity contribution in [1.82, 2.24) is 9.88 Å². The summed E-state index contributed by atoms with van der Waals surface area (Å²) in [4.78, 5) is 7.05. The summed E-state index contributed by atoms with van der Waals surface area (Å²) in [5, 5.41) is 1.28. The van der Waals surface area contributed by atoms with Crippen molar-refractivity contribution in [2.75, 3.05) is 13.1 Å². The fourth-order valence-electron chi connectivity index (χ4n) is 3.00. The molecule has 0 N–H and O–H groups in total. The lowest BCUT2D eigenvalue weighted by molar-refractivity contribution is 0.192. The predicted octanol–water partition coefficient (Wildman–Crippen LogP) is 4.70. The third-order valence-electron chi connectivity index (χ3n) is 4.31. The zero-order chi connectivity index (χ0) is 15.9. The maximum Gasteiger partial charge on any atom is 0.0704 e. The van der Waals surface area contributed by atoms with Gasteiger partial charge in [-0.3, -0.25) is 9.88 Å². The zero-order valence-electron chi connectivity index (χ0n) is 14.1. The SMILES string of the molecule is C=CC(C)CN(CCC)C(C)Cc1ccnc2ccccc12. The van der Waals surface area contributed by atoms with E-state index in [0.29, 0.717) is 12.0 Å². The predicted molar refractivity (Wildman–Crippen MR) is 96.1 cm³/mol. The summed E-state index contributed by atoms with van der Waals surface area (Å²) in [7, 11) is 0. The van der Waals surface area contributed by atoms with Crippen molar-refractivity contribution in [3.05, 3.63) is 54.7 Å². The van der Waals surface area contributed by atoms with E-state index in [-0.39, 0.29) is 0 Å². The molecule has 1 heterocycles. The Morgan fingerprint density at radius 1 is 1.23 bits per heavy atom. The minimum atomic E-state index is 0.521. The molecule has 118 valence electrons. The molecular formula is C20H28N2. The minimum Gasteiger partial charge on any atom is -0.300 e. The van der Waals surface area contributed by atoms with Gasteiger partial charge >= 0.3 is 0 Å². The van der Waals surface area contributed by atoms with E-state index in [1.807, 2.05) is 6.20 Å². The molecule has 0 saturated carbocycles. The lowest BCUT2D eigenvalue weighted by atomic mass is 10.0. The molecule has 2 rings (SSSR count). The molecule has 0 aliphatic carbocycles. The van der Waals surface area contributed by atoms with Gasteiger partial charge in [-0.1, -0.05) is 38.1 Å². The summed E-state index contributed by atoms with van der Waals surface area (Å²) in [5.74, 6) is 0.531. The van der Waals surface area contributed by atoms with Crippen molar-refractivity contribution >= 4 is 10.9 Å². The first-order valence-electron chi connectivity index (χ1n) is 8.35. The molecule has 0 bridgehead atoms. The molecule has 2 nitrogen and oxygen atoms in total. The highest BCUT2D eigenvalue weighted by Crippen LogP contribution is 2.20. The zero-order valence-corrected chi connectivity index (χ0v) is 14.1. The number of benzene rings is 1. The molecule has 0 amide bonds. The molecule has 0 aliphatic rings. The Labute approximate surface area is 134 Å². The summed E-state index contributed by atoms with van der Waals surface area (Å²) in [6.07, 6.45) is 6.23. The molecule has 0 saturated heterocycles. The van der Waals surface area contributed by atoms with Crippen LogP contribution in [-0.2, 0) is 6.42 Å². The first kappa shape index (κ1) is 16.7. The molecule has 0 aliphatic heterocycles. The van der Waals surface area contributed by atoms with Crippen LogP contribution in [0.25, 0.3) is 10.9 Å². The lowest BCUT2D eigenvalue weighted by Gasteiger charge is -2.31. The van der Waals surface area contributed by atoms with Gasteiger partial charge in [-0.25, -0.2) is 0 Å². The van der Waals surface area contributed by atoms with Gasteiger partial charge in [0.15, 0.2) is 0 Å². The van der Waals surface area contributed by atoms with Crippen LogP contribution in [0.1, 0.15) is 32.8 Å². The second kappa shape index (κ2) is 8.09. The van der Waals surface area contributed by atoms with Crippen molar-refractivity contribution in [3.8, 4) is 0 Å². The smallest absolute Gasteiger partial charge is 0.0704 e. The fraction of sp³-hybridized carbons (Fsp3) is 0.450. The monoisotopic (exact) mass is 296 g/mol. The van der Waals surface area contributed by atoms with Gasteiger partial charge in [0.05, 0.1) is 5.52 Å². The van der Waals surface area contributed by atoms with Crippen molar-refractivity contribution in [2.45, 2.75) is 39.7 Å². The standard InChI is InChI=1S/C20H28N2/c1-5-13-22(15-16(3)6-2)17(4)14-18-11-12-21-20-10-8-7-9-19(18)20/h6-12,16-17H,2,5,13-15H2,1,3-4H3. The molecule has 2 unspecified atom stereocenters. The van der Waals surface area contributed by atoms with Crippen molar-refractivity contribution < 1.29 is 0 Å². The van der Waals surface area contributed by atoms with Gasteiger partial charge in [0.2, 0.25) is 0 Å². The second-order valence-electron chi connectivity index (χ2n) is 6.25. The van der Waals surface area contributed by atoms with Crippen molar-refractivity contribution in [1.29, 1.82) is 0 Å². The van der Waals surface area contributed by atoms with Gasteiger partial charge in [-0.15, -0.1) is 6.58 Å². The van der Waals surface area contributed by atoms with Gasteiger partial charge in [0, 0.05) is 24.2 Å². The highest BCUT2D eigenvalue weighted by Gasteiger charge is 2.16. The molecule has 2 heteroatoms. The second-order valence-corrected chi connectivity index (χ2v) is 6.25. The van der Waals surface area contributed by atoms with Gasteiger partial charge < -0.3 is 0 Å². The molecule has 1 aromatic carbocycles. The van der Waals surface area contributed by atoms with Crippen LogP contribution < -0.4 is 0 Å². The van der Waals surface area contributed by atoms with E-state index < -0.39 is 0 Å². The highest BCUT2D eigenvalue weighted by molar-refractivity contribution is 5.81. The Bertz CT molecular complexity index is 600. The summed E-state index contributed by atoms with van der Waals surface area (Å²) in [5.41, 5.74) is 2.49. The summed E-state index contributed by atoms with van der Waals surface area (Å²) in [6, 6.07) is 11.1. The third kappa shape index (κ3) is 4.17. The van der Waals surface area contributed by atoms with Crippen LogP contribution in [0.5, 0.6) is 0 Å². The van der Waals surface area contributed by atoms with E-state index in [1.54, 1.807) is 0 Å². The Morgan fingerprint density at radius 3 is 2.73 bits per heavy atom. The van der Waals surface area contributed by atoms with Crippen LogP contribution >= 0.6 is 0 Å². The molecule has 22 heavy (non-hydrogen) atoms. The normalized spacial score (nSPS) is 14.2. The Hall–Kier alpha value is -1.67. The Balaban J connectivity index is 2.17. The number of rotatable bonds is 8. The van der Waals surface area contributed by atoms with Crippen LogP contribution in [0, 0.1) is 5.92 Å². The number of aromatic nitrogens is 1. The molecular weight excluding hydrogens is 268 g/mol. The average Bonchev–Trinajstić information content (AvgIpc) is 2.54. The highest BCUT2D eigenvalue weighted by atomic mass is 15.1. The number of hydrogen-bond acceptors (Lipinski definition) is 2. The summed E-state index contributed by atoms with van der Waals surface area (Å²) in [6.45, 7) is 13.0. The molecule has 0 spiro atoms. The Morgan fingerprint density at radius 2 is 2.00 bits per heavy atom. The topological polar surface area (TPSA) is 16.1 Å². The molecule has 1 aromatic heterocycles. The summed E-state index contributed by atoms with van der Waals surface area (Å²) >= 11 is 0. The van der Waals surface area contributed by atoms with Gasteiger partial charge in [-0.2, -0.15) is 0 Å². The molecule has 2 atom stereocenters. The number of nitrogens with zero attached hydrogens (tertiary/aromatic N) is 2. The number of pyridine rings is 1. The van der Waals surface area contributed by atoms with Crippen LogP contribution in [0.15, 0.2) is 49.2 Å². The molecule has 0 fully saturated rings. The van der Waals surface area contributed by atoms with E-state index in [4.69, 9.17) is 0 Å². The van der Waals surface area contributed by atoms with E-state index in [9.17, 15) is 0 Å². The van der Waals surface area contributed by atoms with E-state index in [0.717, 1.165) is 25.0 Å². The number of para-hydroxylation sites is 1. The number of fused-ring (bicyclic) bond motifs is 1. The maximum atomic E-state index is 4.47.